The average molecular weight is 428 g/mol. The highest BCUT2D eigenvalue weighted by molar-refractivity contribution is 5.90. The van der Waals surface area contributed by atoms with Gasteiger partial charge in [-0.3, -0.25) is 0 Å². The molecule has 3 aliphatic rings. The molecule has 4 rings (SSSR count). The summed E-state index contributed by atoms with van der Waals surface area (Å²) in [5, 5.41) is 6.38. The highest BCUT2D eigenvalue weighted by atomic mass is 16.2. The van der Waals surface area contributed by atoms with E-state index in [0.717, 1.165) is 64.0 Å². The molecule has 31 heavy (non-hydrogen) atoms. The predicted molar refractivity (Wildman–Crippen MR) is 123 cm³/mol. The number of carbonyl (C=O) groups excluding carboxylic acids is 2. The van der Waals surface area contributed by atoms with Crippen molar-refractivity contribution in [3.63, 3.8) is 0 Å². The van der Waals surface area contributed by atoms with Crippen molar-refractivity contribution in [3.05, 3.63) is 29.8 Å². The van der Waals surface area contributed by atoms with Crippen molar-refractivity contribution in [1.82, 2.24) is 20.0 Å². The summed E-state index contributed by atoms with van der Waals surface area (Å²) in [7, 11) is 0. The first-order valence-corrected chi connectivity index (χ1v) is 12.1. The Labute approximate surface area is 186 Å². The van der Waals surface area contributed by atoms with Crippen LogP contribution < -0.4 is 10.6 Å². The summed E-state index contributed by atoms with van der Waals surface area (Å²) in [5.41, 5.74) is 2.14. The second kappa shape index (κ2) is 10.4. The van der Waals surface area contributed by atoms with Crippen LogP contribution in [0.15, 0.2) is 24.3 Å². The third-order valence-electron chi connectivity index (χ3n) is 7.09. The van der Waals surface area contributed by atoms with Crippen LogP contribution in [0.2, 0.25) is 0 Å². The summed E-state index contributed by atoms with van der Waals surface area (Å²) in [4.78, 5) is 32.1. The molecule has 1 unspecified atom stereocenters. The lowest BCUT2D eigenvalue weighted by Crippen LogP contribution is -2.54. The standard InChI is InChI=1S/C24H37N5O2/c1-2-27-14-6-5-10-20(18-27)25-23(30)28-16-12-21(13-17-28)29-15-7-9-19-8-3-4-11-22(19)26-24(29)31/h3-4,8,11,20-21H,2,5-7,9-10,12-18H2,1H3,(H,25,30)(H,26,31). The first-order chi connectivity index (χ1) is 15.1. The number of carbonyl (C=O) groups is 2. The molecule has 0 aromatic heterocycles. The van der Waals surface area contributed by atoms with Gasteiger partial charge in [0.2, 0.25) is 0 Å². The van der Waals surface area contributed by atoms with Crippen LogP contribution in [0.3, 0.4) is 0 Å². The van der Waals surface area contributed by atoms with Gasteiger partial charge in [-0.25, -0.2) is 9.59 Å². The fraction of sp³-hybridized carbons (Fsp3) is 0.667. The number of urea groups is 2. The second-order valence-electron chi connectivity index (χ2n) is 9.14. The topological polar surface area (TPSA) is 67.9 Å². The molecule has 7 heteroatoms. The number of rotatable bonds is 3. The SMILES string of the molecule is CCN1CCCCC(NC(=O)N2CCC(N3CCCc4ccccc4NC3=O)CC2)C1. The maximum absolute atomic E-state index is 12.9. The number of hydrogen-bond donors (Lipinski definition) is 2. The Balaban J connectivity index is 1.29. The molecular weight excluding hydrogens is 390 g/mol. The van der Waals surface area contributed by atoms with E-state index in [9.17, 15) is 9.59 Å². The van der Waals surface area contributed by atoms with Crippen molar-refractivity contribution >= 4 is 17.7 Å². The van der Waals surface area contributed by atoms with E-state index < -0.39 is 0 Å². The van der Waals surface area contributed by atoms with E-state index in [0.29, 0.717) is 13.1 Å². The number of amides is 4. The molecule has 3 aliphatic heterocycles. The molecule has 0 radical (unpaired) electrons. The number of hydrogen-bond acceptors (Lipinski definition) is 3. The molecule has 2 fully saturated rings. The van der Waals surface area contributed by atoms with Gasteiger partial charge < -0.3 is 25.3 Å². The fourth-order valence-corrected chi connectivity index (χ4v) is 5.21. The Hall–Kier alpha value is -2.28. The van der Waals surface area contributed by atoms with Crippen molar-refractivity contribution in [3.8, 4) is 0 Å². The lowest BCUT2D eigenvalue weighted by molar-refractivity contribution is 0.129. The van der Waals surface area contributed by atoms with Gasteiger partial charge in [-0.05, 0) is 63.2 Å². The van der Waals surface area contributed by atoms with E-state index in [1.807, 2.05) is 28.0 Å². The van der Waals surface area contributed by atoms with Gasteiger partial charge in [-0.2, -0.15) is 0 Å². The molecule has 0 spiro atoms. The van der Waals surface area contributed by atoms with E-state index in [-0.39, 0.29) is 24.1 Å². The zero-order valence-electron chi connectivity index (χ0n) is 18.8. The van der Waals surface area contributed by atoms with Crippen LogP contribution in [0.4, 0.5) is 15.3 Å². The van der Waals surface area contributed by atoms with Crippen molar-refractivity contribution in [1.29, 1.82) is 0 Å². The van der Waals surface area contributed by atoms with Crippen LogP contribution in [0.25, 0.3) is 0 Å². The minimum Gasteiger partial charge on any atom is -0.334 e. The van der Waals surface area contributed by atoms with E-state index >= 15 is 0 Å². The van der Waals surface area contributed by atoms with Crippen LogP contribution in [0, 0.1) is 0 Å². The summed E-state index contributed by atoms with van der Waals surface area (Å²) >= 11 is 0. The van der Waals surface area contributed by atoms with Gasteiger partial charge in [0, 0.05) is 44.0 Å². The van der Waals surface area contributed by atoms with Gasteiger partial charge in [0.05, 0.1) is 0 Å². The van der Waals surface area contributed by atoms with Gasteiger partial charge in [0.1, 0.15) is 0 Å². The number of anilines is 1. The van der Waals surface area contributed by atoms with Crippen molar-refractivity contribution in [2.75, 3.05) is 44.6 Å². The molecule has 1 atom stereocenters. The Bertz CT molecular complexity index is 762. The molecule has 0 saturated carbocycles. The van der Waals surface area contributed by atoms with Crippen LogP contribution in [0.1, 0.15) is 51.0 Å². The first kappa shape index (κ1) is 21.9. The lowest BCUT2D eigenvalue weighted by atomic mass is 10.0. The minimum absolute atomic E-state index is 0.00633. The van der Waals surface area contributed by atoms with Crippen LogP contribution >= 0.6 is 0 Å². The summed E-state index contributed by atoms with van der Waals surface area (Å²) in [6.45, 7) is 7.51. The van der Waals surface area contributed by atoms with Crippen LogP contribution in [0.5, 0.6) is 0 Å². The van der Waals surface area contributed by atoms with Crippen molar-refractivity contribution in [2.24, 2.45) is 0 Å². The Kier molecular flexibility index (Phi) is 7.33. The predicted octanol–water partition coefficient (Wildman–Crippen LogP) is 3.52. The second-order valence-corrected chi connectivity index (χ2v) is 9.14. The minimum atomic E-state index is -0.00633. The van der Waals surface area contributed by atoms with Gasteiger partial charge in [0.15, 0.2) is 0 Å². The maximum Gasteiger partial charge on any atom is 0.322 e. The highest BCUT2D eigenvalue weighted by Gasteiger charge is 2.31. The van der Waals surface area contributed by atoms with E-state index in [1.165, 1.54) is 18.4 Å². The maximum atomic E-state index is 12.9. The molecule has 2 N–H and O–H groups in total. The van der Waals surface area contributed by atoms with Crippen molar-refractivity contribution in [2.45, 2.75) is 64.0 Å². The van der Waals surface area contributed by atoms with Gasteiger partial charge in [-0.1, -0.05) is 31.5 Å². The Morgan fingerprint density at radius 3 is 2.68 bits per heavy atom. The quantitative estimate of drug-likeness (QED) is 0.776. The van der Waals surface area contributed by atoms with E-state index in [4.69, 9.17) is 0 Å². The Morgan fingerprint density at radius 2 is 1.87 bits per heavy atom. The molecule has 0 bridgehead atoms. The molecule has 170 valence electrons. The third kappa shape index (κ3) is 5.50. The van der Waals surface area contributed by atoms with E-state index in [2.05, 4.69) is 28.5 Å². The third-order valence-corrected chi connectivity index (χ3v) is 7.09. The summed E-state index contributed by atoms with van der Waals surface area (Å²) in [5.74, 6) is 0. The average Bonchev–Trinajstić information content (AvgIpc) is 3.01. The lowest BCUT2D eigenvalue weighted by Gasteiger charge is -2.39. The molecule has 2 saturated heterocycles. The summed E-state index contributed by atoms with van der Waals surface area (Å²) in [6, 6.07) is 8.57. The van der Waals surface area contributed by atoms with Crippen LogP contribution in [-0.2, 0) is 6.42 Å². The number of nitrogens with one attached hydrogen (secondary N) is 2. The number of benzene rings is 1. The zero-order chi connectivity index (χ0) is 21.6. The number of likely N-dealkylation sites (N-methyl/N-ethyl adjacent to an activating group) is 1. The molecule has 3 heterocycles. The van der Waals surface area contributed by atoms with Gasteiger partial charge >= 0.3 is 12.1 Å². The normalized spacial score (nSPS) is 23.9. The van der Waals surface area contributed by atoms with Crippen LogP contribution in [-0.4, -0.2) is 78.1 Å². The molecule has 4 amide bonds. The summed E-state index contributed by atoms with van der Waals surface area (Å²) in [6.07, 6.45) is 7.09. The fourth-order valence-electron chi connectivity index (χ4n) is 5.21. The van der Waals surface area contributed by atoms with Gasteiger partial charge in [-0.15, -0.1) is 0 Å². The number of para-hydroxylation sites is 1. The number of aryl methyl sites for hydroxylation is 1. The number of nitrogens with zero attached hydrogens (tertiary/aromatic N) is 3. The number of piperidine rings is 1. The largest absolute Gasteiger partial charge is 0.334 e. The number of fused-ring (bicyclic) bond motifs is 1. The monoisotopic (exact) mass is 427 g/mol. The Morgan fingerprint density at radius 1 is 1.06 bits per heavy atom. The van der Waals surface area contributed by atoms with Crippen molar-refractivity contribution < 1.29 is 9.59 Å². The summed E-state index contributed by atoms with van der Waals surface area (Å²) < 4.78 is 0. The van der Waals surface area contributed by atoms with E-state index in [1.54, 1.807) is 0 Å². The smallest absolute Gasteiger partial charge is 0.322 e. The molecule has 1 aromatic carbocycles. The molecule has 1 aromatic rings. The van der Waals surface area contributed by atoms with Gasteiger partial charge in [0.25, 0.3) is 0 Å². The highest BCUT2D eigenvalue weighted by Crippen LogP contribution is 2.24. The first-order valence-electron chi connectivity index (χ1n) is 12.1. The molecule has 0 aliphatic carbocycles. The number of likely N-dealkylation sites (tertiary alicyclic amines) is 2. The zero-order valence-corrected chi connectivity index (χ0v) is 18.8. The molecule has 7 nitrogen and oxygen atoms in total. The molecular formula is C24H37N5O2.